The van der Waals surface area contributed by atoms with Crippen LogP contribution >= 0.6 is 0 Å². The zero-order valence-electron chi connectivity index (χ0n) is 20.5. The molecule has 8 heteroatoms. The van der Waals surface area contributed by atoms with Gasteiger partial charge in [-0.3, -0.25) is 13.9 Å². The number of anilines is 1. The van der Waals surface area contributed by atoms with E-state index in [1.807, 2.05) is 44.2 Å². The van der Waals surface area contributed by atoms with Crippen LogP contribution in [0.4, 0.5) is 5.69 Å². The zero-order valence-corrected chi connectivity index (χ0v) is 21.3. The standard InChI is InChI=1S/C26H35N3O4S/c1-19-12-14-22(15-13-19)17-28(21(3)26(31)27-23-9-5-6-10-23)25(30)18-29(34(4,32)33)24-11-7-8-20(2)16-24/h7-8,11-16,21,23H,5-6,9-10,17-18H2,1-4H3,(H,27,31)/t21-/m0/s1. The summed E-state index contributed by atoms with van der Waals surface area (Å²) in [5, 5.41) is 3.07. The maximum atomic E-state index is 13.6. The Balaban J connectivity index is 1.87. The van der Waals surface area contributed by atoms with E-state index in [2.05, 4.69) is 5.32 Å². The molecular formula is C26H35N3O4S. The fourth-order valence-electron chi connectivity index (χ4n) is 4.26. The molecule has 184 valence electrons. The van der Waals surface area contributed by atoms with Crippen molar-refractivity contribution in [3.05, 3.63) is 65.2 Å². The van der Waals surface area contributed by atoms with E-state index in [4.69, 9.17) is 0 Å². The highest BCUT2D eigenvalue weighted by atomic mass is 32.2. The summed E-state index contributed by atoms with van der Waals surface area (Å²) in [6.45, 7) is 5.38. The summed E-state index contributed by atoms with van der Waals surface area (Å²) in [5.41, 5.74) is 3.28. The van der Waals surface area contributed by atoms with Gasteiger partial charge in [0.25, 0.3) is 0 Å². The van der Waals surface area contributed by atoms with Crippen molar-refractivity contribution in [3.8, 4) is 0 Å². The van der Waals surface area contributed by atoms with Crippen LogP contribution in [0.3, 0.4) is 0 Å². The van der Waals surface area contributed by atoms with E-state index in [-0.39, 0.29) is 25.0 Å². The van der Waals surface area contributed by atoms with E-state index in [0.717, 1.165) is 52.9 Å². The molecule has 1 atom stereocenters. The normalized spacial score (nSPS) is 15.1. The fourth-order valence-corrected chi connectivity index (χ4v) is 5.10. The average Bonchev–Trinajstić information content (AvgIpc) is 3.28. The molecule has 0 unspecified atom stereocenters. The molecule has 1 aliphatic rings. The number of nitrogens with zero attached hydrogens (tertiary/aromatic N) is 2. The van der Waals surface area contributed by atoms with E-state index in [9.17, 15) is 18.0 Å². The van der Waals surface area contributed by atoms with Crippen LogP contribution in [0.5, 0.6) is 0 Å². The summed E-state index contributed by atoms with van der Waals surface area (Å²) >= 11 is 0. The smallest absolute Gasteiger partial charge is 0.244 e. The molecular weight excluding hydrogens is 450 g/mol. The molecule has 0 aliphatic heterocycles. The van der Waals surface area contributed by atoms with Gasteiger partial charge < -0.3 is 10.2 Å². The third-order valence-electron chi connectivity index (χ3n) is 6.31. The van der Waals surface area contributed by atoms with Crippen LogP contribution in [-0.4, -0.2) is 50.0 Å². The first-order valence-corrected chi connectivity index (χ1v) is 13.6. The molecule has 1 N–H and O–H groups in total. The number of aryl methyl sites for hydroxylation is 2. The summed E-state index contributed by atoms with van der Waals surface area (Å²) in [4.78, 5) is 28.1. The van der Waals surface area contributed by atoms with Crippen molar-refractivity contribution in [1.29, 1.82) is 0 Å². The van der Waals surface area contributed by atoms with Crippen molar-refractivity contribution < 1.29 is 18.0 Å². The predicted octanol–water partition coefficient (Wildman–Crippen LogP) is 3.55. The van der Waals surface area contributed by atoms with E-state index >= 15 is 0 Å². The van der Waals surface area contributed by atoms with Crippen LogP contribution in [0.1, 0.15) is 49.3 Å². The molecule has 2 amide bonds. The lowest BCUT2D eigenvalue weighted by molar-refractivity contribution is -0.139. The molecule has 34 heavy (non-hydrogen) atoms. The highest BCUT2D eigenvalue weighted by Crippen LogP contribution is 2.21. The van der Waals surface area contributed by atoms with Gasteiger partial charge in [-0.25, -0.2) is 8.42 Å². The topological polar surface area (TPSA) is 86.8 Å². The molecule has 0 saturated heterocycles. The molecule has 0 aromatic heterocycles. The molecule has 1 aliphatic carbocycles. The molecule has 0 radical (unpaired) electrons. The Hall–Kier alpha value is -2.87. The Morgan fingerprint density at radius 1 is 1.03 bits per heavy atom. The van der Waals surface area contributed by atoms with Gasteiger partial charge in [-0.15, -0.1) is 0 Å². The number of carbonyl (C=O) groups excluding carboxylic acids is 2. The van der Waals surface area contributed by atoms with Gasteiger partial charge in [0.1, 0.15) is 12.6 Å². The molecule has 1 saturated carbocycles. The second kappa shape index (κ2) is 11.0. The van der Waals surface area contributed by atoms with Crippen molar-refractivity contribution in [2.45, 2.75) is 65.1 Å². The number of nitrogens with one attached hydrogen (secondary N) is 1. The SMILES string of the molecule is Cc1ccc(CN(C(=O)CN(c2cccc(C)c2)S(C)(=O)=O)[C@@H](C)C(=O)NC2CCCC2)cc1. The molecule has 2 aromatic carbocycles. The minimum Gasteiger partial charge on any atom is -0.352 e. The van der Waals surface area contributed by atoms with E-state index in [1.54, 1.807) is 25.1 Å². The quantitative estimate of drug-likeness (QED) is 0.589. The lowest BCUT2D eigenvalue weighted by atomic mass is 10.1. The molecule has 1 fully saturated rings. The van der Waals surface area contributed by atoms with E-state index < -0.39 is 22.0 Å². The van der Waals surface area contributed by atoms with Crippen molar-refractivity contribution in [2.75, 3.05) is 17.1 Å². The maximum Gasteiger partial charge on any atom is 0.244 e. The lowest BCUT2D eigenvalue weighted by Crippen LogP contribution is -2.52. The van der Waals surface area contributed by atoms with Gasteiger partial charge in [-0.1, -0.05) is 54.8 Å². The Morgan fingerprint density at radius 3 is 2.26 bits per heavy atom. The van der Waals surface area contributed by atoms with Gasteiger partial charge in [0.2, 0.25) is 21.8 Å². The van der Waals surface area contributed by atoms with E-state index in [0.29, 0.717) is 5.69 Å². The molecule has 0 spiro atoms. The number of benzene rings is 2. The van der Waals surface area contributed by atoms with Gasteiger partial charge in [-0.05, 0) is 56.9 Å². The third kappa shape index (κ3) is 6.82. The molecule has 0 heterocycles. The second-order valence-electron chi connectivity index (χ2n) is 9.28. The maximum absolute atomic E-state index is 13.6. The first-order chi connectivity index (χ1) is 16.0. The molecule has 2 aromatic rings. The summed E-state index contributed by atoms with van der Waals surface area (Å²) in [6.07, 6.45) is 5.15. The van der Waals surface area contributed by atoms with Crippen molar-refractivity contribution >= 4 is 27.5 Å². The Bertz CT molecular complexity index is 1110. The largest absolute Gasteiger partial charge is 0.352 e. The van der Waals surface area contributed by atoms with Gasteiger partial charge >= 0.3 is 0 Å². The summed E-state index contributed by atoms with van der Waals surface area (Å²) < 4.78 is 26.3. The minimum atomic E-state index is -3.72. The van der Waals surface area contributed by atoms with Crippen LogP contribution < -0.4 is 9.62 Å². The minimum absolute atomic E-state index is 0.131. The van der Waals surface area contributed by atoms with Crippen molar-refractivity contribution in [1.82, 2.24) is 10.2 Å². The van der Waals surface area contributed by atoms with Gasteiger partial charge in [0.15, 0.2) is 0 Å². The van der Waals surface area contributed by atoms with Crippen LogP contribution in [0, 0.1) is 13.8 Å². The number of sulfonamides is 1. The molecule has 0 bridgehead atoms. The van der Waals surface area contributed by atoms with Crippen molar-refractivity contribution in [3.63, 3.8) is 0 Å². The molecule has 3 rings (SSSR count). The monoisotopic (exact) mass is 485 g/mol. The number of hydrogen-bond acceptors (Lipinski definition) is 4. The van der Waals surface area contributed by atoms with Crippen LogP contribution in [0.2, 0.25) is 0 Å². The van der Waals surface area contributed by atoms with E-state index in [1.165, 1.54) is 4.90 Å². The summed E-state index contributed by atoms with van der Waals surface area (Å²) in [7, 11) is -3.72. The van der Waals surface area contributed by atoms with Gasteiger partial charge in [0.05, 0.1) is 11.9 Å². The fraction of sp³-hybridized carbons (Fsp3) is 0.462. The highest BCUT2D eigenvalue weighted by molar-refractivity contribution is 7.92. The number of amides is 2. The highest BCUT2D eigenvalue weighted by Gasteiger charge is 2.31. The Morgan fingerprint density at radius 2 is 1.68 bits per heavy atom. The third-order valence-corrected chi connectivity index (χ3v) is 7.45. The number of rotatable bonds is 9. The molecule has 7 nitrogen and oxygen atoms in total. The van der Waals surface area contributed by atoms with Crippen LogP contribution in [0.25, 0.3) is 0 Å². The Labute approximate surface area is 203 Å². The summed E-state index contributed by atoms with van der Waals surface area (Å²) in [5.74, 6) is -0.643. The van der Waals surface area contributed by atoms with Crippen LogP contribution in [0.15, 0.2) is 48.5 Å². The second-order valence-corrected chi connectivity index (χ2v) is 11.2. The number of carbonyl (C=O) groups is 2. The first-order valence-electron chi connectivity index (χ1n) is 11.7. The average molecular weight is 486 g/mol. The van der Waals surface area contributed by atoms with Gasteiger partial charge in [-0.2, -0.15) is 0 Å². The van der Waals surface area contributed by atoms with Crippen LogP contribution in [-0.2, 0) is 26.2 Å². The summed E-state index contributed by atoms with van der Waals surface area (Å²) in [6, 6.07) is 14.2. The zero-order chi connectivity index (χ0) is 24.9. The predicted molar refractivity (Wildman–Crippen MR) is 135 cm³/mol. The Kier molecular flexibility index (Phi) is 8.36. The van der Waals surface area contributed by atoms with Gasteiger partial charge in [0, 0.05) is 12.6 Å². The lowest BCUT2D eigenvalue weighted by Gasteiger charge is -2.32. The first kappa shape index (κ1) is 25.7. The van der Waals surface area contributed by atoms with Crippen molar-refractivity contribution in [2.24, 2.45) is 0 Å². The number of hydrogen-bond donors (Lipinski definition) is 1.